The van der Waals surface area contributed by atoms with Gasteiger partial charge in [-0.3, -0.25) is 9.59 Å². The summed E-state index contributed by atoms with van der Waals surface area (Å²) in [7, 11) is 0. The molecule has 2 rings (SSSR count). The van der Waals surface area contributed by atoms with Crippen LogP contribution in [0.2, 0.25) is 5.02 Å². The van der Waals surface area contributed by atoms with Crippen molar-refractivity contribution in [1.29, 1.82) is 0 Å². The number of benzene rings is 1. The van der Waals surface area contributed by atoms with Crippen LogP contribution < -0.4 is 0 Å². The molecule has 0 aromatic heterocycles. The lowest BCUT2D eigenvalue weighted by atomic mass is 10.1. The summed E-state index contributed by atoms with van der Waals surface area (Å²) in [5, 5.41) is 8.97. The highest BCUT2D eigenvalue weighted by Gasteiger charge is 2.30. The zero-order valence-corrected chi connectivity index (χ0v) is 11.6. The highest BCUT2D eigenvalue weighted by molar-refractivity contribution is 6.33. The maximum absolute atomic E-state index is 13.0. The van der Waals surface area contributed by atoms with Crippen LogP contribution in [0.4, 0.5) is 4.39 Å². The van der Waals surface area contributed by atoms with Crippen LogP contribution in [0.3, 0.4) is 0 Å². The second-order valence-electron chi connectivity index (χ2n) is 4.89. The Morgan fingerprint density at radius 2 is 2.00 bits per heavy atom. The zero-order valence-electron chi connectivity index (χ0n) is 10.8. The standard InChI is InChI=1S/C14H15ClFNO3/c15-12-7-9(16)5-6-11(12)14(20)17(8-13(18)19)10-3-1-2-4-10/h5-7,10H,1-4,8H2,(H,18,19). The first-order valence-corrected chi connectivity index (χ1v) is 6.84. The predicted molar refractivity (Wildman–Crippen MR) is 72.3 cm³/mol. The fraction of sp³-hybridized carbons (Fsp3) is 0.429. The molecule has 1 aromatic rings. The molecule has 1 aromatic carbocycles. The smallest absolute Gasteiger partial charge is 0.323 e. The third-order valence-corrected chi connectivity index (χ3v) is 3.81. The molecule has 0 radical (unpaired) electrons. The normalized spacial score (nSPS) is 15.3. The van der Waals surface area contributed by atoms with Crippen molar-refractivity contribution in [2.45, 2.75) is 31.7 Å². The highest BCUT2D eigenvalue weighted by atomic mass is 35.5. The lowest BCUT2D eigenvalue weighted by molar-refractivity contribution is -0.138. The fourth-order valence-electron chi connectivity index (χ4n) is 2.55. The van der Waals surface area contributed by atoms with E-state index in [2.05, 4.69) is 0 Å². The van der Waals surface area contributed by atoms with Gasteiger partial charge >= 0.3 is 5.97 Å². The molecule has 6 heteroatoms. The van der Waals surface area contributed by atoms with E-state index in [1.165, 1.54) is 11.0 Å². The van der Waals surface area contributed by atoms with Gasteiger partial charge < -0.3 is 10.0 Å². The molecule has 0 saturated heterocycles. The van der Waals surface area contributed by atoms with Crippen molar-refractivity contribution < 1.29 is 19.1 Å². The largest absolute Gasteiger partial charge is 0.480 e. The summed E-state index contributed by atoms with van der Waals surface area (Å²) in [6.45, 7) is -0.364. The van der Waals surface area contributed by atoms with E-state index in [1.807, 2.05) is 0 Å². The van der Waals surface area contributed by atoms with E-state index in [1.54, 1.807) is 0 Å². The molecule has 0 aliphatic heterocycles. The minimum Gasteiger partial charge on any atom is -0.480 e. The summed E-state index contributed by atoms with van der Waals surface area (Å²) in [6, 6.07) is 3.42. The summed E-state index contributed by atoms with van der Waals surface area (Å²) < 4.78 is 13.0. The van der Waals surface area contributed by atoms with Gasteiger partial charge in [-0.2, -0.15) is 0 Å². The molecule has 0 spiro atoms. The zero-order chi connectivity index (χ0) is 14.7. The number of aliphatic carboxylic acids is 1. The third-order valence-electron chi connectivity index (χ3n) is 3.49. The Bertz CT molecular complexity index is 529. The predicted octanol–water partition coefficient (Wildman–Crippen LogP) is 2.95. The quantitative estimate of drug-likeness (QED) is 0.930. The van der Waals surface area contributed by atoms with Crippen LogP contribution in [0.5, 0.6) is 0 Å². The monoisotopic (exact) mass is 299 g/mol. The Hall–Kier alpha value is -1.62. The fourth-order valence-corrected chi connectivity index (χ4v) is 2.79. The third kappa shape index (κ3) is 3.28. The first-order chi connectivity index (χ1) is 9.49. The summed E-state index contributed by atoms with van der Waals surface area (Å²) in [4.78, 5) is 24.7. The average Bonchev–Trinajstić information content (AvgIpc) is 2.88. The van der Waals surface area contributed by atoms with Crippen molar-refractivity contribution in [2.24, 2.45) is 0 Å². The molecular weight excluding hydrogens is 285 g/mol. The minimum atomic E-state index is -1.07. The Balaban J connectivity index is 2.27. The molecule has 1 amide bonds. The number of carboxylic acids is 1. The van der Waals surface area contributed by atoms with Gasteiger partial charge in [-0.05, 0) is 31.0 Å². The van der Waals surface area contributed by atoms with Gasteiger partial charge in [0.05, 0.1) is 10.6 Å². The van der Waals surface area contributed by atoms with Gasteiger partial charge in [0.15, 0.2) is 0 Å². The number of nitrogens with zero attached hydrogens (tertiary/aromatic N) is 1. The van der Waals surface area contributed by atoms with Crippen molar-refractivity contribution in [1.82, 2.24) is 4.90 Å². The molecule has 1 fully saturated rings. The van der Waals surface area contributed by atoms with Crippen LogP contribution >= 0.6 is 11.6 Å². The highest BCUT2D eigenvalue weighted by Crippen LogP contribution is 2.27. The number of hydrogen-bond donors (Lipinski definition) is 1. The van der Waals surface area contributed by atoms with E-state index in [0.717, 1.165) is 37.8 Å². The number of halogens is 2. The van der Waals surface area contributed by atoms with Crippen LogP contribution in [0.15, 0.2) is 18.2 Å². The molecule has 0 atom stereocenters. The van der Waals surface area contributed by atoms with E-state index in [-0.39, 0.29) is 23.2 Å². The molecule has 1 saturated carbocycles. The van der Waals surface area contributed by atoms with E-state index >= 15 is 0 Å². The second-order valence-corrected chi connectivity index (χ2v) is 5.30. The molecule has 0 unspecified atom stereocenters. The van der Waals surface area contributed by atoms with Crippen molar-refractivity contribution in [2.75, 3.05) is 6.54 Å². The molecular formula is C14H15ClFNO3. The van der Waals surface area contributed by atoms with Crippen LogP contribution in [0.25, 0.3) is 0 Å². The Morgan fingerprint density at radius 1 is 1.35 bits per heavy atom. The number of carbonyl (C=O) groups excluding carboxylic acids is 1. The van der Waals surface area contributed by atoms with Crippen LogP contribution in [0.1, 0.15) is 36.0 Å². The van der Waals surface area contributed by atoms with E-state index in [9.17, 15) is 14.0 Å². The van der Waals surface area contributed by atoms with E-state index in [0.29, 0.717) is 0 Å². The summed E-state index contributed by atoms with van der Waals surface area (Å²) in [6.07, 6.45) is 3.53. The molecule has 1 aliphatic rings. The number of hydrogen-bond acceptors (Lipinski definition) is 2. The van der Waals surface area contributed by atoms with Crippen molar-refractivity contribution in [3.8, 4) is 0 Å². The first-order valence-electron chi connectivity index (χ1n) is 6.47. The molecule has 1 aliphatic carbocycles. The molecule has 108 valence electrons. The van der Waals surface area contributed by atoms with Gasteiger partial charge in [-0.15, -0.1) is 0 Å². The van der Waals surface area contributed by atoms with Crippen molar-refractivity contribution in [3.05, 3.63) is 34.6 Å². The van der Waals surface area contributed by atoms with Crippen LogP contribution in [-0.2, 0) is 4.79 Å². The minimum absolute atomic E-state index is 0.00313. The Labute approximate surface area is 121 Å². The number of carbonyl (C=O) groups is 2. The number of amides is 1. The number of rotatable bonds is 4. The summed E-state index contributed by atoms with van der Waals surface area (Å²) >= 11 is 5.88. The van der Waals surface area contributed by atoms with Crippen molar-refractivity contribution >= 4 is 23.5 Å². The van der Waals surface area contributed by atoms with Crippen molar-refractivity contribution in [3.63, 3.8) is 0 Å². The summed E-state index contributed by atoms with van der Waals surface area (Å²) in [5.74, 6) is -2.05. The van der Waals surface area contributed by atoms with E-state index in [4.69, 9.17) is 16.7 Å². The molecule has 20 heavy (non-hydrogen) atoms. The second kappa shape index (κ2) is 6.22. The molecule has 4 nitrogen and oxygen atoms in total. The number of carboxylic acid groups (broad SMARTS) is 1. The SMILES string of the molecule is O=C(O)CN(C(=O)c1ccc(F)cc1Cl)C1CCCC1. The van der Waals surface area contributed by atoms with Gasteiger partial charge in [0.1, 0.15) is 12.4 Å². The average molecular weight is 300 g/mol. The lowest BCUT2D eigenvalue weighted by Gasteiger charge is -2.27. The Kier molecular flexibility index (Phi) is 4.60. The van der Waals surface area contributed by atoms with Gasteiger partial charge in [0, 0.05) is 6.04 Å². The Morgan fingerprint density at radius 3 is 2.55 bits per heavy atom. The maximum atomic E-state index is 13.0. The lowest BCUT2D eigenvalue weighted by Crippen LogP contribution is -2.42. The van der Waals surface area contributed by atoms with Gasteiger partial charge in [-0.25, -0.2) is 4.39 Å². The van der Waals surface area contributed by atoms with Gasteiger partial charge in [0.25, 0.3) is 5.91 Å². The van der Waals surface area contributed by atoms with Gasteiger partial charge in [-0.1, -0.05) is 24.4 Å². The molecule has 1 N–H and O–H groups in total. The summed E-state index contributed by atoms with van der Waals surface area (Å²) in [5.41, 5.74) is 0.140. The van der Waals surface area contributed by atoms with Crippen LogP contribution in [-0.4, -0.2) is 34.5 Å². The van der Waals surface area contributed by atoms with E-state index < -0.39 is 17.7 Å². The maximum Gasteiger partial charge on any atom is 0.323 e. The van der Waals surface area contributed by atoms with Gasteiger partial charge in [0.2, 0.25) is 0 Å². The molecule has 0 heterocycles. The van der Waals surface area contributed by atoms with Crippen LogP contribution in [0, 0.1) is 5.82 Å². The molecule has 0 bridgehead atoms. The first kappa shape index (κ1) is 14.8. The topological polar surface area (TPSA) is 57.6 Å².